The number of aromatic nitrogens is 2. The van der Waals surface area contributed by atoms with Gasteiger partial charge in [0.25, 0.3) is 0 Å². The predicted octanol–water partition coefficient (Wildman–Crippen LogP) is 2.79. The Balaban J connectivity index is 1.71. The second-order valence-electron chi connectivity index (χ2n) is 7.58. The summed E-state index contributed by atoms with van der Waals surface area (Å²) in [4.78, 5) is 4.59. The summed E-state index contributed by atoms with van der Waals surface area (Å²) in [5, 5.41) is 4.20. The minimum absolute atomic E-state index is 0.155. The van der Waals surface area contributed by atoms with Gasteiger partial charge in [0.15, 0.2) is 0 Å². The van der Waals surface area contributed by atoms with Crippen molar-refractivity contribution in [3.63, 3.8) is 0 Å². The smallest absolute Gasteiger partial charge is 0.228 e. The third-order valence-corrected chi connectivity index (χ3v) is 5.32. The van der Waals surface area contributed by atoms with Crippen molar-refractivity contribution in [3.8, 4) is 0 Å². The van der Waals surface area contributed by atoms with Crippen molar-refractivity contribution in [1.29, 1.82) is 0 Å². The zero-order valence-corrected chi connectivity index (χ0v) is 13.4. The topological polar surface area (TPSA) is 74.2 Å². The van der Waals surface area contributed by atoms with Gasteiger partial charge in [0.05, 0.1) is 0 Å². The molecule has 0 saturated heterocycles. The van der Waals surface area contributed by atoms with Crippen LogP contribution < -0.4 is 5.73 Å². The molecular formula is C16H27N3O2. The summed E-state index contributed by atoms with van der Waals surface area (Å²) in [6, 6.07) is 0.155. The van der Waals surface area contributed by atoms with E-state index in [0.717, 1.165) is 25.7 Å². The second-order valence-corrected chi connectivity index (χ2v) is 7.58. The van der Waals surface area contributed by atoms with E-state index in [1.807, 2.05) is 0 Å². The van der Waals surface area contributed by atoms with Crippen molar-refractivity contribution in [2.75, 3.05) is 7.11 Å². The van der Waals surface area contributed by atoms with Crippen molar-refractivity contribution in [2.45, 2.75) is 70.4 Å². The Morgan fingerprint density at radius 2 is 1.95 bits per heavy atom. The fraction of sp³-hybridized carbons (Fsp3) is 0.875. The van der Waals surface area contributed by atoms with Crippen molar-refractivity contribution in [2.24, 2.45) is 17.1 Å². The number of nitrogens with two attached hydrogens (primary N) is 1. The Hall–Kier alpha value is -0.940. The first-order valence-corrected chi connectivity index (χ1v) is 8.08. The highest BCUT2D eigenvalue weighted by Crippen LogP contribution is 2.46. The molecule has 21 heavy (non-hydrogen) atoms. The molecule has 1 heterocycles. The van der Waals surface area contributed by atoms with Gasteiger partial charge in [0, 0.05) is 19.6 Å². The fourth-order valence-electron chi connectivity index (χ4n) is 3.27. The second kappa shape index (κ2) is 5.36. The molecule has 0 aromatic carbocycles. The summed E-state index contributed by atoms with van der Waals surface area (Å²) in [6.45, 7) is 4.62. The molecule has 0 amide bonds. The Morgan fingerprint density at radius 3 is 2.52 bits per heavy atom. The third kappa shape index (κ3) is 3.14. The molecule has 0 spiro atoms. The van der Waals surface area contributed by atoms with Gasteiger partial charge in [-0.2, -0.15) is 4.98 Å². The molecular weight excluding hydrogens is 266 g/mol. The highest BCUT2D eigenvalue weighted by atomic mass is 16.5. The first kappa shape index (κ1) is 15.0. The summed E-state index contributed by atoms with van der Waals surface area (Å²) in [5.74, 6) is 2.01. The first-order valence-electron chi connectivity index (χ1n) is 8.08. The van der Waals surface area contributed by atoms with Crippen LogP contribution >= 0.6 is 0 Å². The van der Waals surface area contributed by atoms with Gasteiger partial charge in [0.1, 0.15) is 5.60 Å². The van der Waals surface area contributed by atoms with E-state index in [-0.39, 0.29) is 11.6 Å². The average Bonchev–Trinajstić information content (AvgIpc) is 3.21. The fourth-order valence-corrected chi connectivity index (χ4v) is 3.27. The van der Waals surface area contributed by atoms with E-state index in [2.05, 4.69) is 24.0 Å². The number of methoxy groups -OCH3 is 1. The zero-order valence-electron chi connectivity index (χ0n) is 13.4. The zero-order chi connectivity index (χ0) is 15.1. The summed E-state index contributed by atoms with van der Waals surface area (Å²) >= 11 is 0. The minimum Gasteiger partial charge on any atom is -0.370 e. The SMILES string of the molecule is COC1(c2noc(CC(N)C3CC3)n2)CCC(C)(C)CC1. The van der Waals surface area contributed by atoms with E-state index >= 15 is 0 Å². The number of hydrogen-bond acceptors (Lipinski definition) is 5. The number of rotatable bonds is 5. The normalized spacial score (nSPS) is 25.7. The van der Waals surface area contributed by atoms with Gasteiger partial charge < -0.3 is 15.0 Å². The number of ether oxygens (including phenoxy) is 1. The molecule has 2 N–H and O–H groups in total. The van der Waals surface area contributed by atoms with E-state index in [0.29, 0.717) is 29.5 Å². The standard InChI is InChI=1S/C16H27N3O2/c1-15(2)6-8-16(20-3,9-7-15)14-18-13(21-19-14)10-12(17)11-4-5-11/h11-12H,4-10,17H2,1-3H3. The van der Waals surface area contributed by atoms with E-state index < -0.39 is 0 Å². The van der Waals surface area contributed by atoms with Crippen LogP contribution in [0.4, 0.5) is 0 Å². The van der Waals surface area contributed by atoms with Crippen LogP contribution in [0.25, 0.3) is 0 Å². The van der Waals surface area contributed by atoms with Crippen LogP contribution in [0.3, 0.4) is 0 Å². The minimum atomic E-state index is -0.374. The first-order chi connectivity index (χ1) is 9.94. The summed E-state index contributed by atoms with van der Waals surface area (Å²) in [7, 11) is 1.75. The van der Waals surface area contributed by atoms with Crippen molar-refractivity contribution in [3.05, 3.63) is 11.7 Å². The van der Waals surface area contributed by atoms with Crippen molar-refractivity contribution >= 4 is 0 Å². The van der Waals surface area contributed by atoms with E-state index in [4.69, 9.17) is 15.0 Å². The molecule has 5 nitrogen and oxygen atoms in total. The van der Waals surface area contributed by atoms with Gasteiger partial charge in [-0.1, -0.05) is 19.0 Å². The maximum atomic E-state index is 6.14. The highest BCUT2D eigenvalue weighted by Gasteiger charge is 2.43. The Labute approximate surface area is 126 Å². The van der Waals surface area contributed by atoms with Gasteiger partial charge in [0.2, 0.25) is 11.7 Å². The molecule has 2 aliphatic rings. The van der Waals surface area contributed by atoms with Crippen LogP contribution in [-0.4, -0.2) is 23.3 Å². The molecule has 3 rings (SSSR count). The lowest BCUT2D eigenvalue weighted by molar-refractivity contribution is -0.0740. The largest absolute Gasteiger partial charge is 0.370 e. The van der Waals surface area contributed by atoms with Crippen LogP contribution in [0.15, 0.2) is 4.52 Å². The molecule has 1 unspecified atom stereocenters. The van der Waals surface area contributed by atoms with Crippen LogP contribution in [0.1, 0.15) is 64.1 Å². The lowest BCUT2D eigenvalue weighted by Crippen LogP contribution is -2.37. The van der Waals surface area contributed by atoms with Crippen molar-refractivity contribution < 1.29 is 9.26 Å². The summed E-state index contributed by atoms with van der Waals surface area (Å²) < 4.78 is 11.2. The molecule has 118 valence electrons. The molecule has 0 radical (unpaired) electrons. The Kier molecular flexibility index (Phi) is 3.82. The molecule has 2 aliphatic carbocycles. The average molecular weight is 293 g/mol. The maximum absolute atomic E-state index is 6.14. The highest BCUT2D eigenvalue weighted by molar-refractivity contribution is 5.06. The quantitative estimate of drug-likeness (QED) is 0.903. The molecule has 1 atom stereocenters. The Morgan fingerprint density at radius 1 is 1.29 bits per heavy atom. The number of hydrogen-bond donors (Lipinski definition) is 1. The van der Waals surface area contributed by atoms with E-state index in [1.54, 1.807) is 7.11 Å². The number of nitrogens with zero attached hydrogens (tertiary/aromatic N) is 2. The van der Waals surface area contributed by atoms with Crippen LogP contribution in [0.5, 0.6) is 0 Å². The Bertz CT molecular complexity index is 483. The van der Waals surface area contributed by atoms with Gasteiger partial charge in [-0.05, 0) is 49.9 Å². The molecule has 0 bridgehead atoms. The summed E-state index contributed by atoms with van der Waals surface area (Å²) in [6.07, 6.45) is 7.29. The molecule has 5 heteroatoms. The van der Waals surface area contributed by atoms with E-state index in [9.17, 15) is 0 Å². The lowest BCUT2D eigenvalue weighted by Gasteiger charge is -2.40. The predicted molar refractivity (Wildman–Crippen MR) is 79.6 cm³/mol. The van der Waals surface area contributed by atoms with Crippen LogP contribution in [-0.2, 0) is 16.8 Å². The van der Waals surface area contributed by atoms with Gasteiger partial charge >= 0.3 is 0 Å². The monoisotopic (exact) mass is 293 g/mol. The maximum Gasteiger partial charge on any atom is 0.228 e. The molecule has 2 fully saturated rings. The van der Waals surface area contributed by atoms with Crippen LogP contribution in [0.2, 0.25) is 0 Å². The van der Waals surface area contributed by atoms with Gasteiger partial charge in [-0.3, -0.25) is 0 Å². The third-order valence-electron chi connectivity index (χ3n) is 5.32. The summed E-state index contributed by atoms with van der Waals surface area (Å²) in [5.41, 5.74) is 6.14. The van der Waals surface area contributed by atoms with E-state index in [1.165, 1.54) is 12.8 Å². The van der Waals surface area contributed by atoms with Gasteiger partial charge in [-0.15, -0.1) is 0 Å². The van der Waals surface area contributed by atoms with Crippen LogP contribution in [0, 0.1) is 11.3 Å². The van der Waals surface area contributed by atoms with Crippen molar-refractivity contribution in [1.82, 2.24) is 10.1 Å². The molecule has 1 aromatic rings. The van der Waals surface area contributed by atoms with Gasteiger partial charge in [-0.25, -0.2) is 0 Å². The molecule has 2 saturated carbocycles. The molecule has 1 aromatic heterocycles. The molecule has 0 aliphatic heterocycles. The lowest BCUT2D eigenvalue weighted by atomic mass is 9.70.